The minimum Gasteiger partial charge on any atom is -0.352 e. The highest BCUT2D eigenvalue weighted by Gasteiger charge is 2.22. The van der Waals surface area contributed by atoms with E-state index in [1.54, 1.807) is 29.5 Å². The Kier molecular flexibility index (Phi) is 5.07. The summed E-state index contributed by atoms with van der Waals surface area (Å²) in [6.07, 6.45) is 8.23. The van der Waals surface area contributed by atoms with Crippen LogP contribution in [0.3, 0.4) is 0 Å². The maximum atomic E-state index is 12.1. The van der Waals surface area contributed by atoms with E-state index < -0.39 is 0 Å². The lowest BCUT2D eigenvalue weighted by Gasteiger charge is -2.33. The molecule has 3 heterocycles. The number of carbonyl (C=O) groups excluding carboxylic acids is 1. The van der Waals surface area contributed by atoms with E-state index in [-0.39, 0.29) is 11.9 Å². The van der Waals surface area contributed by atoms with E-state index in [2.05, 4.69) is 35.7 Å². The molecule has 0 aliphatic carbocycles. The van der Waals surface area contributed by atoms with Crippen LogP contribution in [0.5, 0.6) is 0 Å². The van der Waals surface area contributed by atoms with Crippen LogP contribution in [-0.4, -0.2) is 55.2 Å². The predicted octanol–water partition coefficient (Wildman–Crippen LogP) is 0.0285. The number of hydrogen-bond acceptors (Lipinski definition) is 7. The van der Waals surface area contributed by atoms with E-state index in [9.17, 15) is 4.79 Å². The number of rotatable bonds is 6. The van der Waals surface area contributed by atoms with Gasteiger partial charge in [0.2, 0.25) is 11.9 Å². The highest BCUT2D eigenvalue weighted by atomic mass is 16.1. The Morgan fingerprint density at radius 1 is 1.35 bits per heavy atom. The highest BCUT2D eigenvalue weighted by molar-refractivity contribution is 5.76. The second-order valence-electron chi connectivity index (χ2n) is 5.58. The number of nitrogens with zero attached hydrogens (tertiary/aromatic N) is 7. The number of carbonyl (C=O) groups is 1. The van der Waals surface area contributed by atoms with Crippen LogP contribution in [0.25, 0.3) is 0 Å². The molecule has 122 valence electrons. The van der Waals surface area contributed by atoms with Gasteiger partial charge in [-0.2, -0.15) is 0 Å². The summed E-state index contributed by atoms with van der Waals surface area (Å²) in [5.41, 5.74) is 0. The average Bonchev–Trinajstić information content (AvgIpc) is 3.09. The van der Waals surface area contributed by atoms with Gasteiger partial charge in [0.05, 0.1) is 0 Å². The first-order valence-electron chi connectivity index (χ1n) is 7.83. The van der Waals surface area contributed by atoms with Crippen LogP contribution in [0.4, 0.5) is 5.95 Å². The summed E-state index contributed by atoms with van der Waals surface area (Å²) in [6.45, 7) is 2.33. The molecule has 1 aliphatic rings. The van der Waals surface area contributed by atoms with Crippen molar-refractivity contribution in [3.05, 3.63) is 24.8 Å². The maximum absolute atomic E-state index is 12.1. The van der Waals surface area contributed by atoms with E-state index >= 15 is 0 Å². The number of aromatic nitrogens is 6. The molecule has 2 aromatic heterocycles. The quantitative estimate of drug-likeness (QED) is 0.802. The number of tetrazole rings is 1. The van der Waals surface area contributed by atoms with Crippen molar-refractivity contribution in [1.29, 1.82) is 0 Å². The molecule has 2 aromatic rings. The Labute approximate surface area is 134 Å². The smallest absolute Gasteiger partial charge is 0.225 e. The van der Waals surface area contributed by atoms with Crippen LogP contribution in [0.1, 0.15) is 25.7 Å². The molecule has 1 amide bonds. The number of amides is 1. The second-order valence-corrected chi connectivity index (χ2v) is 5.58. The fourth-order valence-corrected chi connectivity index (χ4v) is 2.72. The van der Waals surface area contributed by atoms with Crippen LogP contribution in [0.2, 0.25) is 0 Å². The van der Waals surface area contributed by atoms with Crippen molar-refractivity contribution >= 4 is 11.9 Å². The first-order chi connectivity index (χ1) is 11.3. The number of piperidine rings is 1. The van der Waals surface area contributed by atoms with Gasteiger partial charge < -0.3 is 10.2 Å². The lowest BCUT2D eigenvalue weighted by molar-refractivity contribution is -0.122. The SMILES string of the molecule is O=C(CCCn1cnnn1)NC1CCCN(c2ncccn2)C1. The topological polar surface area (TPSA) is 102 Å². The van der Waals surface area contributed by atoms with Crippen molar-refractivity contribution in [1.82, 2.24) is 35.5 Å². The highest BCUT2D eigenvalue weighted by Crippen LogP contribution is 2.15. The number of aryl methyl sites for hydroxylation is 1. The van der Waals surface area contributed by atoms with Gasteiger partial charge in [-0.3, -0.25) is 4.79 Å². The van der Waals surface area contributed by atoms with Crippen molar-refractivity contribution in [3.8, 4) is 0 Å². The van der Waals surface area contributed by atoms with Crippen molar-refractivity contribution < 1.29 is 4.79 Å². The van der Waals surface area contributed by atoms with Gasteiger partial charge in [0.25, 0.3) is 0 Å². The van der Waals surface area contributed by atoms with E-state index in [1.165, 1.54) is 0 Å². The summed E-state index contributed by atoms with van der Waals surface area (Å²) >= 11 is 0. The normalized spacial score (nSPS) is 17.9. The molecule has 0 saturated carbocycles. The van der Waals surface area contributed by atoms with E-state index in [1.807, 2.05) is 0 Å². The summed E-state index contributed by atoms with van der Waals surface area (Å²) in [5, 5.41) is 14.0. The summed E-state index contributed by atoms with van der Waals surface area (Å²) in [4.78, 5) is 22.7. The predicted molar refractivity (Wildman–Crippen MR) is 82.5 cm³/mol. The molecule has 0 aromatic carbocycles. The second kappa shape index (κ2) is 7.61. The average molecular weight is 316 g/mol. The summed E-state index contributed by atoms with van der Waals surface area (Å²) < 4.78 is 1.63. The van der Waals surface area contributed by atoms with Gasteiger partial charge in [0, 0.05) is 44.5 Å². The molecule has 0 spiro atoms. The van der Waals surface area contributed by atoms with Gasteiger partial charge in [0.15, 0.2) is 0 Å². The molecule has 1 unspecified atom stereocenters. The van der Waals surface area contributed by atoms with Crippen molar-refractivity contribution in [2.24, 2.45) is 0 Å². The third-order valence-corrected chi connectivity index (χ3v) is 3.80. The zero-order valence-corrected chi connectivity index (χ0v) is 12.9. The van der Waals surface area contributed by atoms with E-state index in [0.717, 1.165) is 38.3 Å². The third-order valence-electron chi connectivity index (χ3n) is 3.80. The molecule has 3 rings (SSSR count). The zero-order chi connectivity index (χ0) is 15.9. The molecule has 9 nitrogen and oxygen atoms in total. The molecular weight excluding hydrogens is 296 g/mol. The first kappa shape index (κ1) is 15.3. The number of anilines is 1. The minimum atomic E-state index is 0.0684. The van der Waals surface area contributed by atoms with Gasteiger partial charge in [-0.25, -0.2) is 14.6 Å². The Balaban J connectivity index is 1.43. The van der Waals surface area contributed by atoms with Crippen molar-refractivity contribution in [2.45, 2.75) is 38.3 Å². The van der Waals surface area contributed by atoms with E-state index in [4.69, 9.17) is 0 Å². The molecule has 23 heavy (non-hydrogen) atoms. The maximum Gasteiger partial charge on any atom is 0.225 e. The first-order valence-corrected chi connectivity index (χ1v) is 7.83. The zero-order valence-electron chi connectivity index (χ0n) is 12.9. The van der Waals surface area contributed by atoms with Gasteiger partial charge in [0.1, 0.15) is 6.33 Å². The third kappa shape index (κ3) is 4.44. The Morgan fingerprint density at radius 2 is 2.22 bits per heavy atom. The van der Waals surface area contributed by atoms with Gasteiger partial charge in [-0.05, 0) is 35.8 Å². The molecule has 1 aliphatic heterocycles. The fraction of sp³-hybridized carbons (Fsp3) is 0.571. The Morgan fingerprint density at radius 3 is 3.00 bits per heavy atom. The molecular formula is C14H20N8O. The largest absolute Gasteiger partial charge is 0.352 e. The van der Waals surface area contributed by atoms with Crippen LogP contribution in [-0.2, 0) is 11.3 Å². The van der Waals surface area contributed by atoms with Crippen LogP contribution in [0, 0.1) is 0 Å². The molecule has 0 radical (unpaired) electrons. The van der Waals surface area contributed by atoms with Gasteiger partial charge in [-0.15, -0.1) is 5.10 Å². The van der Waals surface area contributed by atoms with Gasteiger partial charge >= 0.3 is 0 Å². The number of hydrogen-bond donors (Lipinski definition) is 1. The Hall–Kier alpha value is -2.58. The van der Waals surface area contributed by atoms with E-state index in [0.29, 0.717) is 13.0 Å². The molecule has 1 saturated heterocycles. The lowest BCUT2D eigenvalue weighted by atomic mass is 10.1. The molecule has 1 atom stereocenters. The van der Waals surface area contributed by atoms with Crippen LogP contribution < -0.4 is 10.2 Å². The monoisotopic (exact) mass is 316 g/mol. The summed E-state index contributed by atoms with van der Waals surface area (Å²) in [7, 11) is 0. The molecule has 0 bridgehead atoms. The minimum absolute atomic E-state index is 0.0684. The Bertz CT molecular complexity index is 603. The van der Waals surface area contributed by atoms with Crippen LogP contribution >= 0.6 is 0 Å². The molecule has 9 heteroatoms. The molecule has 1 N–H and O–H groups in total. The summed E-state index contributed by atoms with van der Waals surface area (Å²) in [5.74, 6) is 0.795. The standard InChI is InChI=1S/C14H20N8O/c23-13(5-2-9-22-11-17-19-20-22)18-12-4-1-8-21(10-12)14-15-6-3-7-16-14/h3,6-7,11-12H,1-2,4-5,8-10H2,(H,18,23). The number of nitrogens with one attached hydrogen (secondary N) is 1. The summed E-state index contributed by atoms with van der Waals surface area (Å²) in [6, 6.07) is 1.95. The van der Waals surface area contributed by atoms with Crippen molar-refractivity contribution in [2.75, 3.05) is 18.0 Å². The van der Waals surface area contributed by atoms with Gasteiger partial charge in [-0.1, -0.05) is 0 Å². The molecule has 1 fully saturated rings. The van der Waals surface area contributed by atoms with Crippen LogP contribution in [0.15, 0.2) is 24.8 Å². The fourth-order valence-electron chi connectivity index (χ4n) is 2.72. The van der Waals surface area contributed by atoms with Crippen molar-refractivity contribution in [3.63, 3.8) is 0 Å². The lowest BCUT2D eigenvalue weighted by Crippen LogP contribution is -2.48.